The predicted molar refractivity (Wildman–Crippen MR) is 56.0 cm³/mol. The van der Waals surface area contributed by atoms with Crippen LogP contribution in [0, 0.1) is 0 Å². The number of ether oxygens (including phenoxy) is 2. The topological polar surface area (TPSA) is 93.1 Å². The van der Waals surface area contributed by atoms with E-state index in [0.29, 0.717) is 5.75 Å². The molecule has 0 amide bonds. The van der Waals surface area contributed by atoms with E-state index in [1.807, 2.05) is 0 Å². The highest BCUT2D eigenvalue weighted by molar-refractivity contribution is 7.85. The van der Waals surface area contributed by atoms with Crippen molar-refractivity contribution in [2.24, 2.45) is 0 Å². The minimum absolute atomic E-state index is 0.196. The fourth-order valence-electron chi connectivity index (χ4n) is 1.08. The van der Waals surface area contributed by atoms with Gasteiger partial charge in [0.2, 0.25) is 6.29 Å². The minimum atomic E-state index is -4.28. The summed E-state index contributed by atoms with van der Waals surface area (Å²) in [6.45, 7) is 0. The van der Waals surface area contributed by atoms with Gasteiger partial charge >= 0.3 is 0 Å². The van der Waals surface area contributed by atoms with E-state index in [1.54, 1.807) is 18.2 Å². The molecule has 2 N–H and O–H groups in total. The maximum atomic E-state index is 10.5. The molecule has 0 radical (unpaired) electrons. The van der Waals surface area contributed by atoms with Crippen LogP contribution in [0.4, 0.5) is 0 Å². The number of hydrogen-bond donors (Lipinski definition) is 2. The van der Waals surface area contributed by atoms with Crippen molar-refractivity contribution in [3.8, 4) is 11.5 Å². The summed E-state index contributed by atoms with van der Waals surface area (Å²) in [5, 5.41) is 9.24. The van der Waals surface area contributed by atoms with E-state index in [9.17, 15) is 13.5 Å². The van der Waals surface area contributed by atoms with Crippen LogP contribution >= 0.6 is 0 Å². The quantitative estimate of drug-likeness (QED) is 0.574. The maximum absolute atomic E-state index is 10.5. The molecule has 0 bridgehead atoms. The number of aliphatic hydroxyl groups excluding tert-OH is 1. The highest BCUT2D eigenvalue weighted by Gasteiger charge is 2.17. The summed E-state index contributed by atoms with van der Waals surface area (Å²) in [6.07, 6.45) is -1.65. The first-order valence-corrected chi connectivity index (χ1v) is 5.96. The van der Waals surface area contributed by atoms with Crippen molar-refractivity contribution in [2.45, 2.75) is 6.29 Å². The van der Waals surface area contributed by atoms with Crippen molar-refractivity contribution >= 4 is 10.1 Å². The van der Waals surface area contributed by atoms with E-state index in [0.717, 1.165) is 0 Å². The summed E-state index contributed by atoms with van der Waals surface area (Å²) < 4.78 is 39.3. The molecule has 0 fully saturated rings. The van der Waals surface area contributed by atoms with Gasteiger partial charge < -0.3 is 14.6 Å². The Morgan fingerprint density at radius 3 is 2.38 bits per heavy atom. The summed E-state index contributed by atoms with van der Waals surface area (Å²) in [5.41, 5.74) is 0. The fraction of sp³-hybridized carbons (Fsp3) is 0.333. The van der Waals surface area contributed by atoms with Crippen LogP contribution in [0.15, 0.2) is 24.3 Å². The van der Waals surface area contributed by atoms with Crippen molar-refractivity contribution in [2.75, 3.05) is 12.9 Å². The van der Waals surface area contributed by atoms with Gasteiger partial charge in [0, 0.05) is 0 Å². The fourth-order valence-corrected chi connectivity index (χ4v) is 1.51. The summed E-state index contributed by atoms with van der Waals surface area (Å²) >= 11 is 0. The van der Waals surface area contributed by atoms with Crippen LogP contribution in [0.5, 0.6) is 11.5 Å². The minimum Gasteiger partial charge on any atom is -0.493 e. The molecule has 1 rings (SSSR count). The molecule has 1 atom stereocenters. The third-order valence-electron chi connectivity index (χ3n) is 1.69. The molecule has 0 aliphatic heterocycles. The second kappa shape index (κ2) is 5.15. The van der Waals surface area contributed by atoms with Gasteiger partial charge in [-0.05, 0) is 12.1 Å². The van der Waals surface area contributed by atoms with Gasteiger partial charge in [0.25, 0.3) is 10.1 Å². The molecule has 1 aromatic carbocycles. The zero-order valence-electron chi connectivity index (χ0n) is 8.53. The van der Waals surface area contributed by atoms with Crippen LogP contribution in [-0.2, 0) is 10.1 Å². The lowest BCUT2D eigenvalue weighted by Gasteiger charge is -2.14. The van der Waals surface area contributed by atoms with Gasteiger partial charge in [-0.2, -0.15) is 8.42 Å². The zero-order chi connectivity index (χ0) is 12.2. The van der Waals surface area contributed by atoms with Gasteiger partial charge in [0.05, 0.1) is 7.11 Å². The van der Waals surface area contributed by atoms with E-state index >= 15 is 0 Å². The molecule has 0 aromatic heterocycles. The highest BCUT2D eigenvalue weighted by atomic mass is 32.2. The lowest BCUT2D eigenvalue weighted by atomic mass is 10.3. The average molecular weight is 248 g/mol. The van der Waals surface area contributed by atoms with Gasteiger partial charge in [-0.1, -0.05) is 12.1 Å². The Morgan fingerprint density at radius 2 is 1.88 bits per heavy atom. The molecule has 0 saturated carbocycles. The van der Waals surface area contributed by atoms with E-state index in [-0.39, 0.29) is 5.75 Å². The van der Waals surface area contributed by atoms with Crippen LogP contribution in [-0.4, -0.2) is 37.2 Å². The van der Waals surface area contributed by atoms with Crippen LogP contribution in [0.25, 0.3) is 0 Å². The Kier molecular flexibility index (Phi) is 4.11. The van der Waals surface area contributed by atoms with Crippen LogP contribution in [0.3, 0.4) is 0 Å². The van der Waals surface area contributed by atoms with Crippen LogP contribution in [0.2, 0.25) is 0 Å². The first-order valence-electron chi connectivity index (χ1n) is 4.35. The SMILES string of the molecule is COc1ccccc1OC(O)CS(=O)(=O)O. The van der Waals surface area contributed by atoms with Gasteiger partial charge in [-0.25, -0.2) is 0 Å². The summed E-state index contributed by atoms with van der Waals surface area (Å²) in [7, 11) is -2.86. The second-order valence-electron chi connectivity index (χ2n) is 2.97. The lowest BCUT2D eigenvalue weighted by molar-refractivity contribution is -0.000194. The van der Waals surface area contributed by atoms with Crippen molar-refractivity contribution in [1.82, 2.24) is 0 Å². The Balaban J connectivity index is 2.73. The number of aliphatic hydroxyl groups is 1. The molecule has 0 heterocycles. The third-order valence-corrected chi connectivity index (χ3v) is 2.39. The Morgan fingerprint density at radius 1 is 1.31 bits per heavy atom. The van der Waals surface area contributed by atoms with E-state index < -0.39 is 22.2 Å². The molecule has 1 unspecified atom stereocenters. The molecule has 6 nitrogen and oxygen atoms in total. The van der Waals surface area contributed by atoms with E-state index in [2.05, 4.69) is 0 Å². The van der Waals surface area contributed by atoms with Crippen molar-refractivity contribution in [3.63, 3.8) is 0 Å². The summed E-state index contributed by atoms with van der Waals surface area (Å²) in [4.78, 5) is 0. The number of hydrogen-bond acceptors (Lipinski definition) is 5. The molecular weight excluding hydrogens is 236 g/mol. The Hall–Kier alpha value is -1.31. The van der Waals surface area contributed by atoms with Crippen molar-refractivity contribution in [1.29, 1.82) is 0 Å². The first kappa shape index (κ1) is 12.8. The molecule has 1 aromatic rings. The van der Waals surface area contributed by atoms with Crippen molar-refractivity contribution in [3.05, 3.63) is 24.3 Å². The average Bonchev–Trinajstić information content (AvgIpc) is 2.15. The van der Waals surface area contributed by atoms with Gasteiger partial charge in [-0.15, -0.1) is 0 Å². The summed E-state index contributed by atoms with van der Waals surface area (Å²) in [5.74, 6) is -0.344. The lowest BCUT2D eigenvalue weighted by Crippen LogP contribution is -2.26. The van der Waals surface area contributed by atoms with Gasteiger partial charge in [-0.3, -0.25) is 4.55 Å². The third kappa shape index (κ3) is 4.05. The highest BCUT2D eigenvalue weighted by Crippen LogP contribution is 2.26. The molecule has 7 heteroatoms. The standard InChI is InChI=1S/C9H12O6S/c1-14-7-4-2-3-5-8(7)15-9(10)6-16(11,12)13/h2-5,9-10H,6H2,1H3,(H,11,12,13). The maximum Gasteiger partial charge on any atom is 0.271 e. The molecule has 90 valence electrons. The van der Waals surface area contributed by atoms with Crippen LogP contribution in [0.1, 0.15) is 0 Å². The van der Waals surface area contributed by atoms with Gasteiger partial charge in [0.1, 0.15) is 5.75 Å². The smallest absolute Gasteiger partial charge is 0.271 e. The number of methoxy groups -OCH3 is 1. The van der Waals surface area contributed by atoms with Crippen LogP contribution < -0.4 is 9.47 Å². The summed E-state index contributed by atoms with van der Waals surface area (Å²) in [6, 6.07) is 6.43. The van der Waals surface area contributed by atoms with Crippen molar-refractivity contribution < 1.29 is 27.6 Å². The second-order valence-corrected chi connectivity index (χ2v) is 4.47. The molecular formula is C9H12O6S. The zero-order valence-corrected chi connectivity index (χ0v) is 9.35. The first-order chi connectivity index (χ1) is 7.42. The molecule has 0 aliphatic rings. The largest absolute Gasteiger partial charge is 0.493 e. The molecule has 0 spiro atoms. The molecule has 16 heavy (non-hydrogen) atoms. The monoisotopic (exact) mass is 248 g/mol. The van der Waals surface area contributed by atoms with E-state index in [4.69, 9.17) is 14.0 Å². The number of benzene rings is 1. The molecule has 0 saturated heterocycles. The molecule has 0 aliphatic carbocycles. The predicted octanol–water partition coefficient (Wildman–Crippen LogP) is 0.280. The van der Waals surface area contributed by atoms with E-state index in [1.165, 1.54) is 13.2 Å². The number of rotatable bonds is 5. The number of para-hydroxylation sites is 2. The Labute approximate surface area is 93.2 Å². The normalized spacial score (nSPS) is 13.2. The Bertz CT molecular complexity index is 441. The van der Waals surface area contributed by atoms with Gasteiger partial charge in [0.15, 0.2) is 11.5 Å².